The minimum Gasteiger partial charge on any atom is -0.453 e. The van der Waals surface area contributed by atoms with Gasteiger partial charge >= 0.3 is 12.2 Å². The predicted octanol–water partition coefficient (Wildman–Crippen LogP) is 9.69. The van der Waals surface area contributed by atoms with Crippen LogP contribution in [0.25, 0.3) is 22.1 Å². The van der Waals surface area contributed by atoms with Crippen LogP contribution in [-0.4, -0.2) is 93.1 Å². The number of hydrogen-bond donors (Lipinski definition) is 4. The summed E-state index contributed by atoms with van der Waals surface area (Å²) in [6, 6.07) is 20.1. The van der Waals surface area contributed by atoms with Crippen molar-refractivity contribution in [3.05, 3.63) is 89.0 Å². The molecule has 0 spiro atoms. The molecule has 358 valence electrons. The van der Waals surface area contributed by atoms with Gasteiger partial charge in [-0.1, -0.05) is 86.6 Å². The molecule has 0 saturated carbocycles. The van der Waals surface area contributed by atoms with E-state index in [1.165, 1.54) is 30.9 Å². The lowest BCUT2D eigenvalue weighted by Gasteiger charge is -2.35. The number of likely N-dealkylation sites (tertiary alicyclic amines) is 2. The van der Waals surface area contributed by atoms with Gasteiger partial charge in [-0.3, -0.25) is 9.59 Å². The van der Waals surface area contributed by atoms with Crippen molar-refractivity contribution in [1.29, 1.82) is 0 Å². The van der Waals surface area contributed by atoms with Crippen LogP contribution in [0, 0.1) is 10.8 Å². The van der Waals surface area contributed by atoms with E-state index in [0.29, 0.717) is 13.1 Å². The van der Waals surface area contributed by atoms with E-state index in [0.717, 1.165) is 77.9 Å². The highest BCUT2D eigenvalue weighted by Crippen LogP contribution is 2.48. The van der Waals surface area contributed by atoms with Crippen molar-refractivity contribution in [2.75, 3.05) is 32.2 Å². The molecule has 67 heavy (non-hydrogen) atoms. The van der Waals surface area contributed by atoms with Gasteiger partial charge in [0, 0.05) is 18.8 Å². The SMILES string of the molecule is COC(=O)N[C@H](C(=O)N1CCC[C@H]1c1nc2ccc([C@H]3CC[C@H](c4ccc5nc([C@@H]6CCCN6C(=O)[C@@H](NC(=O)OC)C(C)(C)C)[nH]c5c4)N3c3ccc(C(C)(C)C)cc3)cc2[nH]1)C(C)(C)C. The molecule has 3 saturated heterocycles. The third-order valence-electron chi connectivity index (χ3n) is 14.1. The summed E-state index contributed by atoms with van der Waals surface area (Å²) in [5, 5.41) is 5.57. The lowest BCUT2D eigenvalue weighted by atomic mass is 9.85. The van der Waals surface area contributed by atoms with E-state index in [2.05, 4.69) is 107 Å². The number of amides is 4. The summed E-state index contributed by atoms with van der Waals surface area (Å²) in [5.74, 6) is 1.19. The fraction of sp³-hybridized carbons (Fsp3) is 0.538. The number of benzene rings is 3. The van der Waals surface area contributed by atoms with Crippen LogP contribution in [0.1, 0.15) is 153 Å². The van der Waals surface area contributed by atoms with Gasteiger partial charge < -0.3 is 44.8 Å². The molecule has 4 N–H and O–H groups in total. The van der Waals surface area contributed by atoms with Crippen LogP contribution in [0.15, 0.2) is 60.7 Å². The molecule has 5 aromatic rings. The number of imidazole rings is 2. The van der Waals surface area contributed by atoms with Gasteiger partial charge in [0.1, 0.15) is 23.7 Å². The van der Waals surface area contributed by atoms with E-state index >= 15 is 0 Å². The Balaban J connectivity index is 1.09. The van der Waals surface area contributed by atoms with Crippen LogP contribution in [0.2, 0.25) is 0 Å². The molecule has 6 atom stereocenters. The number of ether oxygens (including phenoxy) is 2. The van der Waals surface area contributed by atoms with Crippen LogP contribution in [0.4, 0.5) is 15.3 Å². The number of nitrogens with one attached hydrogen (secondary N) is 4. The van der Waals surface area contributed by atoms with Crippen molar-refractivity contribution < 1.29 is 28.7 Å². The molecule has 0 aliphatic carbocycles. The highest BCUT2D eigenvalue weighted by molar-refractivity contribution is 5.88. The molecule has 0 bridgehead atoms. The number of aromatic amines is 2. The van der Waals surface area contributed by atoms with E-state index in [-0.39, 0.29) is 41.4 Å². The number of alkyl carbamates (subject to hydrolysis) is 2. The summed E-state index contributed by atoms with van der Waals surface area (Å²) in [7, 11) is 2.61. The minimum absolute atomic E-state index is 0.00508. The van der Waals surface area contributed by atoms with Crippen molar-refractivity contribution in [1.82, 2.24) is 40.4 Å². The first kappa shape index (κ1) is 47.4. The number of carbonyl (C=O) groups is 4. The van der Waals surface area contributed by atoms with Crippen molar-refractivity contribution in [2.24, 2.45) is 10.8 Å². The first-order valence-electron chi connectivity index (χ1n) is 23.8. The Morgan fingerprint density at radius 1 is 0.597 bits per heavy atom. The number of nitrogens with zero attached hydrogens (tertiary/aromatic N) is 5. The Kier molecular flexibility index (Phi) is 12.9. The molecule has 4 amide bonds. The fourth-order valence-corrected chi connectivity index (χ4v) is 10.4. The quantitative estimate of drug-likeness (QED) is 0.112. The summed E-state index contributed by atoms with van der Waals surface area (Å²) in [4.78, 5) is 76.4. The second-order valence-electron chi connectivity index (χ2n) is 21.9. The third kappa shape index (κ3) is 9.56. The number of hydrogen-bond acceptors (Lipinski definition) is 9. The van der Waals surface area contributed by atoms with Gasteiger partial charge in [0.15, 0.2) is 0 Å². The minimum atomic E-state index is -0.760. The van der Waals surface area contributed by atoms with E-state index in [4.69, 9.17) is 19.4 Å². The molecule has 5 heterocycles. The maximum Gasteiger partial charge on any atom is 0.407 e. The Morgan fingerprint density at radius 2 is 1.01 bits per heavy atom. The Bertz CT molecular complexity index is 2480. The Hall–Kier alpha value is -6.12. The molecular formula is C52H69N9O6. The van der Waals surface area contributed by atoms with E-state index in [1.54, 1.807) is 0 Å². The van der Waals surface area contributed by atoms with Crippen molar-refractivity contribution >= 4 is 51.8 Å². The highest BCUT2D eigenvalue weighted by atomic mass is 16.5. The monoisotopic (exact) mass is 916 g/mol. The van der Waals surface area contributed by atoms with Gasteiger partial charge in [-0.15, -0.1) is 0 Å². The van der Waals surface area contributed by atoms with Crippen LogP contribution in [0.5, 0.6) is 0 Å². The Labute approximate surface area is 394 Å². The van der Waals surface area contributed by atoms with Crippen LogP contribution in [0.3, 0.4) is 0 Å². The number of aromatic nitrogens is 4. The molecule has 2 aromatic heterocycles. The largest absolute Gasteiger partial charge is 0.453 e. The molecule has 3 aromatic carbocycles. The average Bonchev–Trinajstić information content (AvgIpc) is 4.14. The standard InChI is InChI=1S/C52H69N9O6/c1-50(2,3)32-18-20-33(21-19-32)61-38(30-16-22-34-36(28-30)55-44(53-34)40-14-12-26-59(40)46(62)42(51(4,5)6)57-48(64)66-10)24-25-39(61)31-17-23-35-37(29-31)56-45(54-35)41-15-13-27-60(41)47(63)43(52(7,8)9)58-49(65)67-11/h16-23,28-29,38-43H,12-15,24-27H2,1-11H3,(H,53,55)(H,54,56)(H,57,64)(H,58,65)/t38-,39-,40+,41+,42-,43-/m1/s1. The maximum absolute atomic E-state index is 14.1. The number of carbonyl (C=O) groups excluding carboxylic acids is 4. The number of methoxy groups -OCH3 is 2. The summed E-state index contributed by atoms with van der Waals surface area (Å²) in [5.41, 5.74) is 7.20. The van der Waals surface area contributed by atoms with Gasteiger partial charge in [0.25, 0.3) is 0 Å². The lowest BCUT2D eigenvalue weighted by molar-refractivity contribution is -0.137. The van der Waals surface area contributed by atoms with Crippen molar-refractivity contribution in [2.45, 2.75) is 143 Å². The maximum atomic E-state index is 14.1. The second kappa shape index (κ2) is 18.2. The second-order valence-corrected chi connectivity index (χ2v) is 21.9. The molecule has 3 fully saturated rings. The average molecular weight is 916 g/mol. The molecule has 3 aliphatic rings. The first-order valence-corrected chi connectivity index (χ1v) is 23.8. The summed E-state index contributed by atoms with van der Waals surface area (Å²) in [6.07, 6.45) is 3.77. The van der Waals surface area contributed by atoms with Crippen LogP contribution >= 0.6 is 0 Å². The van der Waals surface area contributed by atoms with E-state index < -0.39 is 35.1 Å². The zero-order valence-electron chi connectivity index (χ0n) is 41.1. The van der Waals surface area contributed by atoms with Crippen LogP contribution < -0.4 is 15.5 Å². The number of anilines is 1. The summed E-state index contributed by atoms with van der Waals surface area (Å²) in [6.45, 7) is 19.5. The zero-order valence-corrected chi connectivity index (χ0v) is 41.1. The van der Waals surface area contributed by atoms with Gasteiger partial charge in [0.2, 0.25) is 11.8 Å². The first-order chi connectivity index (χ1) is 31.7. The van der Waals surface area contributed by atoms with Gasteiger partial charge in [-0.25, -0.2) is 19.6 Å². The predicted molar refractivity (Wildman–Crippen MR) is 259 cm³/mol. The topological polar surface area (TPSA) is 178 Å². The molecule has 15 nitrogen and oxygen atoms in total. The van der Waals surface area contributed by atoms with E-state index in [1.807, 2.05) is 51.3 Å². The number of H-pyrrole nitrogens is 2. The summed E-state index contributed by atoms with van der Waals surface area (Å²) >= 11 is 0. The normalized spacial score (nSPS) is 21.2. The van der Waals surface area contributed by atoms with Gasteiger partial charge in [-0.05, 0) is 108 Å². The highest BCUT2D eigenvalue weighted by Gasteiger charge is 2.43. The number of rotatable bonds is 9. The van der Waals surface area contributed by atoms with Crippen LogP contribution in [-0.2, 0) is 24.5 Å². The molecule has 0 unspecified atom stereocenters. The number of fused-ring (bicyclic) bond motifs is 2. The molecule has 3 aliphatic heterocycles. The Morgan fingerprint density at radius 3 is 1.39 bits per heavy atom. The summed E-state index contributed by atoms with van der Waals surface area (Å²) < 4.78 is 9.76. The lowest BCUT2D eigenvalue weighted by Crippen LogP contribution is -2.54. The van der Waals surface area contributed by atoms with Gasteiger partial charge in [-0.2, -0.15) is 0 Å². The smallest absolute Gasteiger partial charge is 0.407 e. The van der Waals surface area contributed by atoms with Gasteiger partial charge in [0.05, 0.1) is 60.5 Å². The van der Waals surface area contributed by atoms with E-state index in [9.17, 15) is 19.2 Å². The molecular weight excluding hydrogens is 847 g/mol. The van der Waals surface area contributed by atoms with Crippen molar-refractivity contribution in [3.63, 3.8) is 0 Å². The fourth-order valence-electron chi connectivity index (χ4n) is 10.4. The van der Waals surface area contributed by atoms with Crippen molar-refractivity contribution in [3.8, 4) is 0 Å². The molecule has 8 rings (SSSR count). The zero-order chi connectivity index (χ0) is 48.2. The third-order valence-corrected chi connectivity index (χ3v) is 14.1. The molecule has 15 heteroatoms. The molecule has 0 radical (unpaired) electrons.